The number of hydrogen-bond donors (Lipinski definition) is 0. The molecule has 0 aromatic rings. The molecular weight excluding hydrogens is 176 g/mol. The van der Waals surface area contributed by atoms with E-state index in [1.807, 2.05) is 13.0 Å². The zero-order valence-corrected chi connectivity index (χ0v) is 8.58. The van der Waals surface area contributed by atoms with Gasteiger partial charge in [0.15, 0.2) is 5.78 Å². The molecule has 0 aromatic carbocycles. The zero-order valence-electron chi connectivity index (χ0n) is 8.58. The lowest BCUT2D eigenvalue weighted by atomic mass is 9.89. The van der Waals surface area contributed by atoms with Gasteiger partial charge in [-0.1, -0.05) is 6.58 Å². The maximum absolute atomic E-state index is 11.6. The summed E-state index contributed by atoms with van der Waals surface area (Å²) in [5.74, 6) is 1.11. The fourth-order valence-electron chi connectivity index (χ4n) is 1.57. The predicted molar refractivity (Wildman–Crippen MR) is 55.8 cm³/mol. The highest BCUT2D eigenvalue weighted by Crippen LogP contribution is 2.24. The van der Waals surface area contributed by atoms with E-state index >= 15 is 0 Å². The summed E-state index contributed by atoms with van der Waals surface area (Å²) < 4.78 is 5.31. The second-order valence-electron chi connectivity index (χ2n) is 3.33. The smallest absolute Gasteiger partial charge is 0.162 e. The molecule has 0 N–H and O–H groups in total. The first-order chi connectivity index (χ1) is 6.77. The van der Waals surface area contributed by atoms with Crippen LogP contribution >= 0.6 is 0 Å². The van der Waals surface area contributed by atoms with Gasteiger partial charge in [-0.25, -0.2) is 0 Å². The van der Waals surface area contributed by atoms with Crippen LogP contribution in [0.15, 0.2) is 30.2 Å². The second-order valence-corrected chi connectivity index (χ2v) is 3.33. The van der Waals surface area contributed by atoms with Gasteiger partial charge in [0.25, 0.3) is 0 Å². The quantitative estimate of drug-likeness (QED) is 0.640. The number of carbonyl (C=O) groups excluding carboxylic acids is 1. The van der Waals surface area contributed by atoms with E-state index in [0.717, 1.165) is 25.0 Å². The normalized spacial score (nSPS) is 21.1. The Morgan fingerprint density at radius 1 is 1.79 bits per heavy atom. The third-order valence-electron chi connectivity index (χ3n) is 2.32. The van der Waals surface area contributed by atoms with Crippen LogP contribution in [0.1, 0.15) is 26.2 Å². The molecule has 0 bridgehead atoms. The summed E-state index contributed by atoms with van der Waals surface area (Å²) in [7, 11) is 0. The van der Waals surface area contributed by atoms with Gasteiger partial charge in [0.2, 0.25) is 0 Å². The molecular formula is C12H16O2. The first-order valence-corrected chi connectivity index (χ1v) is 4.99. The summed E-state index contributed by atoms with van der Waals surface area (Å²) >= 11 is 0. The van der Waals surface area contributed by atoms with Crippen molar-refractivity contribution in [1.82, 2.24) is 0 Å². The highest BCUT2D eigenvalue weighted by Gasteiger charge is 2.21. The fraction of sp³-hybridized carbons (Fsp3) is 0.500. The molecule has 0 saturated carbocycles. The molecule has 0 amide bonds. The molecule has 1 rings (SSSR count). The van der Waals surface area contributed by atoms with E-state index in [1.165, 1.54) is 0 Å². The van der Waals surface area contributed by atoms with Crippen LogP contribution in [0.2, 0.25) is 0 Å². The molecule has 1 atom stereocenters. The van der Waals surface area contributed by atoms with Gasteiger partial charge in [-0.05, 0) is 25.8 Å². The monoisotopic (exact) mass is 192 g/mol. The van der Waals surface area contributed by atoms with Gasteiger partial charge >= 0.3 is 0 Å². The van der Waals surface area contributed by atoms with Crippen molar-refractivity contribution in [3.8, 4) is 0 Å². The summed E-state index contributed by atoms with van der Waals surface area (Å²) in [6.07, 6.45) is 5.95. The predicted octanol–water partition coefficient (Wildman–Crippen LogP) is 2.62. The van der Waals surface area contributed by atoms with Crippen molar-refractivity contribution in [2.24, 2.45) is 5.92 Å². The lowest BCUT2D eigenvalue weighted by molar-refractivity contribution is -0.119. The van der Waals surface area contributed by atoms with Crippen molar-refractivity contribution in [2.45, 2.75) is 26.2 Å². The highest BCUT2D eigenvalue weighted by atomic mass is 16.5. The lowest BCUT2D eigenvalue weighted by Gasteiger charge is -2.19. The van der Waals surface area contributed by atoms with Gasteiger partial charge in [-0.3, -0.25) is 4.79 Å². The number of rotatable bonds is 4. The molecule has 0 saturated heterocycles. The van der Waals surface area contributed by atoms with Crippen LogP contribution in [0.25, 0.3) is 0 Å². The first kappa shape index (κ1) is 10.8. The van der Waals surface area contributed by atoms with E-state index in [0.29, 0.717) is 6.61 Å². The minimum atomic E-state index is 0.105. The Hall–Kier alpha value is -1.27. The number of ether oxygens (including phenoxy) is 1. The van der Waals surface area contributed by atoms with Crippen molar-refractivity contribution >= 4 is 5.78 Å². The maximum Gasteiger partial charge on any atom is 0.162 e. The Balaban J connectivity index is 2.55. The van der Waals surface area contributed by atoms with Gasteiger partial charge in [0.05, 0.1) is 12.4 Å². The van der Waals surface area contributed by atoms with Gasteiger partial charge in [0.1, 0.15) is 0 Å². The maximum atomic E-state index is 11.6. The molecule has 1 unspecified atom stereocenters. The molecule has 0 radical (unpaired) electrons. The Morgan fingerprint density at radius 2 is 2.57 bits per heavy atom. The Kier molecular flexibility index (Phi) is 4.21. The second kappa shape index (κ2) is 5.46. The van der Waals surface area contributed by atoms with Crippen molar-refractivity contribution < 1.29 is 9.53 Å². The average Bonchev–Trinajstić information content (AvgIpc) is 2.17. The molecule has 2 nitrogen and oxygen atoms in total. The van der Waals surface area contributed by atoms with Crippen LogP contribution in [-0.4, -0.2) is 12.4 Å². The molecule has 0 spiro atoms. The topological polar surface area (TPSA) is 26.3 Å². The third-order valence-corrected chi connectivity index (χ3v) is 2.32. The van der Waals surface area contributed by atoms with Crippen LogP contribution in [0.3, 0.4) is 0 Å². The van der Waals surface area contributed by atoms with Crippen molar-refractivity contribution in [1.29, 1.82) is 0 Å². The zero-order chi connectivity index (χ0) is 10.4. The summed E-state index contributed by atoms with van der Waals surface area (Å²) in [6, 6.07) is 0. The van der Waals surface area contributed by atoms with E-state index in [2.05, 4.69) is 12.3 Å². The van der Waals surface area contributed by atoms with Crippen molar-refractivity contribution in [3.63, 3.8) is 0 Å². The lowest BCUT2D eigenvalue weighted by Crippen LogP contribution is -2.17. The number of allylic oxidation sites excluding steroid dienone is 3. The highest BCUT2D eigenvalue weighted by molar-refractivity contribution is 5.93. The molecule has 2 heteroatoms. The van der Waals surface area contributed by atoms with Crippen LogP contribution in [0, 0.1) is 5.92 Å². The SMILES string of the molecule is C=C=CCC1CCC(OCC)=CC1=O. The largest absolute Gasteiger partial charge is 0.498 e. The molecule has 1 aliphatic carbocycles. The van der Waals surface area contributed by atoms with Crippen LogP contribution in [0.4, 0.5) is 0 Å². The fourth-order valence-corrected chi connectivity index (χ4v) is 1.57. The number of hydrogen-bond acceptors (Lipinski definition) is 2. The van der Waals surface area contributed by atoms with Crippen LogP contribution in [0.5, 0.6) is 0 Å². The molecule has 0 aromatic heterocycles. The average molecular weight is 192 g/mol. The molecule has 14 heavy (non-hydrogen) atoms. The van der Waals surface area contributed by atoms with E-state index in [4.69, 9.17) is 4.74 Å². The van der Waals surface area contributed by atoms with Crippen LogP contribution in [-0.2, 0) is 9.53 Å². The Morgan fingerprint density at radius 3 is 3.14 bits per heavy atom. The number of carbonyl (C=O) groups is 1. The third kappa shape index (κ3) is 2.90. The van der Waals surface area contributed by atoms with Crippen molar-refractivity contribution in [3.05, 3.63) is 30.2 Å². The minimum Gasteiger partial charge on any atom is -0.498 e. The summed E-state index contributed by atoms with van der Waals surface area (Å²) in [5.41, 5.74) is 2.69. The van der Waals surface area contributed by atoms with Gasteiger partial charge in [-0.15, -0.1) is 5.73 Å². The Bertz CT molecular complexity index is 283. The Labute approximate surface area is 85.0 Å². The van der Waals surface area contributed by atoms with Gasteiger partial charge < -0.3 is 4.74 Å². The molecule has 0 aliphatic heterocycles. The van der Waals surface area contributed by atoms with Crippen LogP contribution < -0.4 is 0 Å². The molecule has 76 valence electrons. The van der Waals surface area contributed by atoms with Gasteiger partial charge in [0, 0.05) is 18.4 Å². The van der Waals surface area contributed by atoms with E-state index in [9.17, 15) is 4.79 Å². The summed E-state index contributed by atoms with van der Waals surface area (Å²) in [4.78, 5) is 11.6. The van der Waals surface area contributed by atoms with E-state index < -0.39 is 0 Å². The van der Waals surface area contributed by atoms with Crippen molar-refractivity contribution in [2.75, 3.05) is 6.61 Å². The van der Waals surface area contributed by atoms with Gasteiger partial charge in [-0.2, -0.15) is 0 Å². The molecule has 1 aliphatic rings. The van der Waals surface area contributed by atoms with E-state index in [-0.39, 0.29) is 11.7 Å². The molecule has 0 fully saturated rings. The summed E-state index contributed by atoms with van der Waals surface area (Å²) in [5, 5.41) is 0. The molecule has 0 heterocycles. The minimum absolute atomic E-state index is 0.105. The number of ketones is 1. The van der Waals surface area contributed by atoms with E-state index in [1.54, 1.807) is 6.08 Å². The standard InChI is InChI=1S/C12H16O2/c1-3-5-6-10-7-8-11(14-4-2)9-12(10)13/h5,9-10H,1,4,6-8H2,2H3. The first-order valence-electron chi connectivity index (χ1n) is 4.99. The summed E-state index contributed by atoms with van der Waals surface area (Å²) in [6.45, 7) is 6.05.